The maximum atomic E-state index is 12.7. The van der Waals surface area contributed by atoms with Gasteiger partial charge in [-0.05, 0) is 37.5 Å². The third kappa shape index (κ3) is 3.31. The molecule has 0 aromatic heterocycles. The molecule has 108 valence electrons. The van der Waals surface area contributed by atoms with Crippen molar-refractivity contribution >= 4 is 11.7 Å². The van der Waals surface area contributed by atoms with Gasteiger partial charge in [0.1, 0.15) is 0 Å². The van der Waals surface area contributed by atoms with Gasteiger partial charge in [0.05, 0.1) is 11.1 Å². The van der Waals surface area contributed by atoms with Crippen LogP contribution in [0.15, 0.2) is 30.4 Å². The standard InChI is InChI=1S/C14H14F3NO2/c15-14(16,17)12-7-6-10(8-11(12)13(19)20)18-9-4-2-1-3-5-9/h1-2,6-9,18H,3-5H2,(H,19,20). The van der Waals surface area contributed by atoms with Crippen molar-refractivity contribution in [1.82, 2.24) is 0 Å². The van der Waals surface area contributed by atoms with E-state index in [4.69, 9.17) is 5.11 Å². The van der Waals surface area contributed by atoms with Gasteiger partial charge in [-0.1, -0.05) is 12.2 Å². The number of halogens is 3. The van der Waals surface area contributed by atoms with Crippen molar-refractivity contribution < 1.29 is 23.1 Å². The summed E-state index contributed by atoms with van der Waals surface area (Å²) in [6.45, 7) is 0. The average molecular weight is 285 g/mol. The van der Waals surface area contributed by atoms with E-state index in [1.165, 1.54) is 6.07 Å². The number of rotatable bonds is 3. The summed E-state index contributed by atoms with van der Waals surface area (Å²) in [5.41, 5.74) is -1.45. The topological polar surface area (TPSA) is 49.3 Å². The Hall–Kier alpha value is -1.98. The van der Waals surface area contributed by atoms with Crippen LogP contribution in [0.25, 0.3) is 0 Å². The molecule has 0 saturated carbocycles. The number of hydrogen-bond donors (Lipinski definition) is 2. The third-order valence-electron chi connectivity index (χ3n) is 3.20. The van der Waals surface area contributed by atoms with Gasteiger partial charge in [-0.15, -0.1) is 0 Å². The lowest BCUT2D eigenvalue weighted by Crippen LogP contribution is -2.21. The Morgan fingerprint density at radius 1 is 1.30 bits per heavy atom. The van der Waals surface area contributed by atoms with E-state index in [1.54, 1.807) is 0 Å². The second-order valence-electron chi connectivity index (χ2n) is 4.69. The summed E-state index contributed by atoms with van der Waals surface area (Å²) in [6, 6.07) is 3.25. The van der Waals surface area contributed by atoms with Gasteiger partial charge < -0.3 is 10.4 Å². The maximum absolute atomic E-state index is 12.7. The number of nitrogens with one attached hydrogen (secondary N) is 1. The van der Waals surface area contributed by atoms with E-state index in [2.05, 4.69) is 5.32 Å². The van der Waals surface area contributed by atoms with Gasteiger partial charge in [-0.3, -0.25) is 0 Å². The second kappa shape index (κ2) is 5.56. The van der Waals surface area contributed by atoms with Gasteiger partial charge in [0, 0.05) is 11.7 Å². The van der Waals surface area contributed by atoms with Crippen molar-refractivity contribution in [2.75, 3.05) is 5.32 Å². The number of allylic oxidation sites excluding steroid dienone is 1. The van der Waals surface area contributed by atoms with Crippen molar-refractivity contribution in [1.29, 1.82) is 0 Å². The molecular weight excluding hydrogens is 271 g/mol. The number of benzene rings is 1. The summed E-state index contributed by atoms with van der Waals surface area (Å²) in [6.07, 6.45) is 1.95. The quantitative estimate of drug-likeness (QED) is 0.827. The molecule has 0 amide bonds. The molecule has 0 fully saturated rings. The highest BCUT2D eigenvalue weighted by molar-refractivity contribution is 5.91. The Bertz CT molecular complexity index is 538. The number of carbonyl (C=O) groups is 1. The first-order chi connectivity index (χ1) is 9.38. The summed E-state index contributed by atoms with van der Waals surface area (Å²) in [5.74, 6) is -1.58. The highest BCUT2D eigenvalue weighted by Crippen LogP contribution is 2.33. The monoisotopic (exact) mass is 285 g/mol. The van der Waals surface area contributed by atoms with Crippen LogP contribution in [0.5, 0.6) is 0 Å². The van der Waals surface area contributed by atoms with Gasteiger partial charge in [0.15, 0.2) is 0 Å². The van der Waals surface area contributed by atoms with Crippen LogP contribution in [-0.2, 0) is 6.18 Å². The Morgan fingerprint density at radius 2 is 2.05 bits per heavy atom. The van der Waals surface area contributed by atoms with E-state index in [-0.39, 0.29) is 6.04 Å². The van der Waals surface area contributed by atoms with Crippen LogP contribution in [0, 0.1) is 0 Å². The van der Waals surface area contributed by atoms with Gasteiger partial charge in [0.2, 0.25) is 0 Å². The minimum atomic E-state index is -4.67. The first-order valence-corrected chi connectivity index (χ1v) is 6.24. The Morgan fingerprint density at radius 3 is 2.60 bits per heavy atom. The van der Waals surface area contributed by atoms with Crippen LogP contribution >= 0.6 is 0 Å². The molecule has 1 unspecified atom stereocenters. The minimum absolute atomic E-state index is 0.124. The molecule has 1 aromatic carbocycles. The molecule has 0 spiro atoms. The van der Waals surface area contributed by atoms with Crippen molar-refractivity contribution in [3.05, 3.63) is 41.5 Å². The Balaban J connectivity index is 2.26. The fourth-order valence-electron chi connectivity index (χ4n) is 2.22. The fraction of sp³-hybridized carbons (Fsp3) is 0.357. The van der Waals surface area contributed by atoms with Crippen LogP contribution in [0.4, 0.5) is 18.9 Å². The summed E-state index contributed by atoms with van der Waals surface area (Å²) >= 11 is 0. The molecule has 2 N–H and O–H groups in total. The summed E-state index contributed by atoms with van der Waals surface area (Å²) in [5, 5.41) is 12.0. The minimum Gasteiger partial charge on any atom is -0.478 e. The highest BCUT2D eigenvalue weighted by atomic mass is 19.4. The molecule has 0 bridgehead atoms. The number of carboxylic acid groups (broad SMARTS) is 1. The van der Waals surface area contributed by atoms with E-state index in [9.17, 15) is 18.0 Å². The van der Waals surface area contributed by atoms with E-state index in [0.717, 1.165) is 31.4 Å². The molecule has 0 radical (unpaired) electrons. The van der Waals surface area contributed by atoms with Crippen molar-refractivity contribution in [3.8, 4) is 0 Å². The molecule has 20 heavy (non-hydrogen) atoms. The first-order valence-electron chi connectivity index (χ1n) is 6.24. The summed E-state index contributed by atoms with van der Waals surface area (Å²) < 4.78 is 38.1. The molecule has 1 aromatic rings. The van der Waals surface area contributed by atoms with Gasteiger partial charge in [-0.25, -0.2) is 4.79 Å². The number of anilines is 1. The highest BCUT2D eigenvalue weighted by Gasteiger charge is 2.35. The van der Waals surface area contributed by atoms with Crippen molar-refractivity contribution in [3.63, 3.8) is 0 Å². The predicted octanol–water partition coefficient (Wildman–Crippen LogP) is 3.92. The summed E-state index contributed by atoms with van der Waals surface area (Å²) in [7, 11) is 0. The van der Waals surface area contributed by atoms with Crippen LogP contribution in [0.3, 0.4) is 0 Å². The van der Waals surface area contributed by atoms with Crippen LogP contribution in [-0.4, -0.2) is 17.1 Å². The van der Waals surface area contributed by atoms with Crippen molar-refractivity contribution in [2.24, 2.45) is 0 Å². The molecule has 6 heteroatoms. The van der Waals surface area contributed by atoms with Crippen LogP contribution in [0.2, 0.25) is 0 Å². The Labute approximate surface area is 114 Å². The zero-order valence-corrected chi connectivity index (χ0v) is 10.6. The molecule has 0 heterocycles. The molecule has 1 aliphatic carbocycles. The number of hydrogen-bond acceptors (Lipinski definition) is 2. The first kappa shape index (κ1) is 14.4. The van der Waals surface area contributed by atoms with E-state index in [0.29, 0.717) is 5.69 Å². The van der Waals surface area contributed by atoms with Crippen LogP contribution < -0.4 is 5.32 Å². The molecular formula is C14H14F3NO2. The zero-order valence-electron chi connectivity index (χ0n) is 10.6. The molecule has 3 nitrogen and oxygen atoms in total. The molecule has 0 saturated heterocycles. The SMILES string of the molecule is O=C(O)c1cc(NC2CC=CCC2)ccc1C(F)(F)F. The van der Waals surface area contributed by atoms with E-state index >= 15 is 0 Å². The lowest BCUT2D eigenvalue weighted by molar-refractivity contribution is -0.138. The number of carboxylic acids is 1. The average Bonchev–Trinajstić information content (AvgIpc) is 2.38. The lowest BCUT2D eigenvalue weighted by atomic mass is 10.0. The smallest absolute Gasteiger partial charge is 0.417 e. The molecule has 1 atom stereocenters. The lowest BCUT2D eigenvalue weighted by Gasteiger charge is -2.21. The van der Waals surface area contributed by atoms with E-state index < -0.39 is 23.3 Å². The molecule has 2 rings (SSSR count). The Kier molecular flexibility index (Phi) is 4.01. The van der Waals surface area contributed by atoms with Gasteiger partial charge in [-0.2, -0.15) is 13.2 Å². The fourth-order valence-corrected chi connectivity index (χ4v) is 2.22. The maximum Gasteiger partial charge on any atom is 0.417 e. The zero-order chi connectivity index (χ0) is 14.8. The number of aromatic carboxylic acids is 1. The molecule has 1 aliphatic rings. The predicted molar refractivity (Wildman–Crippen MR) is 68.8 cm³/mol. The van der Waals surface area contributed by atoms with E-state index in [1.807, 2.05) is 12.2 Å². The van der Waals surface area contributed by atoms with Crippen molar-refractivity contribution in [2.45, 2.75) is 31.5 Å². The summed E-state index contributed by atoms with van der Waals surface area (Å²) in [4.78, 5) is 11.0. The molecule has 0 aliphatic heterocycles. The van der Waals surface area contributed by atoms with Gasteiger partial charge >= 0.3 is 12.1 Å². The largest absolute Gasteiger partial charge is 0.478 e. The second-order valence-corrected chi connectivity index (χ2v) is 4.69. The van der Waals surface area contributed by atoms with Gasteiger partial charge in [0.25, 0.3) is 0 Å². The third-order valence-corrected chi connectivity index (χ3v) is 3.20. The normalized spacial score (nSPS) is 18.9. The van der Waals surface area contributed by atoms with Crippen LogP contribution in [0.1, 0.15) is 35.2 Å². The number of alkyl halides is 3.